The van der Waals surface area contributed by atoms with E-state index in [1.54, 1.807) is 0 Å². The van der Waals surface area contributed by atoms with E-state index < -0.39 is 44.7 Å². The highest BCUT2D eigenvalue weighted by molar-refractivity contribution is 5.49. The number of benzene rings is 1. The van der Waals surface area contributed by atoms with Crippen LogP contribution in [0.2, 0.25) is 0 Å². The van der Waals surface area contributed by atoms with Gasteiger partial charge in [0, 0.05) is 17.7 Å². The predicted molar refractivity (Wildman–Crippen MR) is 55.8 cm³/mol. The summed E-state index contributed by atoms with van der Waals surface area (Å²) in [5, 5.41) is 30.1. The third-order valence-electron chi connectivity index (χ3n) is 2.56. The maximum absolute atomic E-state index is 12.6. The van der Waals surface area contributed by atoms with Crippen molar-refractivity contribution < 1.29 is 41.3 Å². The summed E-state index contributed by atoms with van der Waals surface area (Å²) in [7, 11) is 0. The zero-order chi connectivity index (χ0) is 17.5. The summed E-state index contributed by atoms with van der Waals surface area (Å²) in [6, 6.07) is -0.293. The molecule has 1 aromatic rings. The molecule has 0 saturated heterocycles. The second kappa shape index (κ2) is 5.08. The van der Waals surface area contributed by atoms with Gasteiger partial charge in [-0.05, 0) is 0 Å². The van der Waals surface area contributed by atoms with E-state index in [0.717, 1.165) is 0 Å². The van der Waals surface area contributed by atoms with Crippen LogP contribution in [0.15, 0.2) is 18.2 Å². The molecule has 13 heteroatoms. The summed E-state index contributed by atoms with van der Waals surface area (Å²) in [4.78, 5) is 18.1. The molecule has 0 aliphatic heterocycles. The van der Waals surface area contributed by atoms with Crippen molar-refractivity contribution in [1.29, 1.82) is 0 Å². The van der Waals surface area contributed by atoms with E-state index in [-0.39, 0.29) is 18.2 Å². The van der Waals surface area contributed by atoms with Gasteiger partial charge in [-0.25, -0.2) is 0 Å². The number of hydrogen-bond acceptors (Lipinski definition) is 5. The molecule has 0 saturated carbocycles. The lowest BCUT2D eigenvalue weighted by Crippen LogP contribution is -2.53. The molecule has 1 N–H and O–H groups in total. The number of alkyl halides is 6. The van der Waals surface area contributed by atoms with Crippen LogP contribution in [0.3, 0.4) is 0 Å². The maximum atomic E-state index is 12.6. The van der Waals surface area contributed by atoms with Crippen LogP contribution in [-0.2, 0) is 5.60 Å². The van der Waals surface area contributed by atoms with E-state index in [2.05, 4.69) is 0 Å². The predicted octanol–water partition coefficient (Wildman–Crippen LogP) is 2.82. The number of rotatable bonds is 3. The Bertz CT molecular complexity index is 580. The molecule has 1 rings (SSSR count). The monoisotopic (exact) mass is 334 g/mol. The van der Waals surface area contributed by atoms with E-state index in [1.165, 1.54) is 0 Å². The molecule has 0 aromatic heterocycles. The Morgan fingerprint density at radius 1 is 0.818 bits per heavy atom. The number of nitrogens with zero attached hydrogens (tertiary/aromatic N) is 2. The highest BCUT2D eigenvalue weighted by atomic mass is 19.4. The lowest BCUT2D eigenvalue weighted by atomic mass is 9.91. The third kappa shape index (κ3) is 2.79. The topological polar surface area (TPSA) is 107 Å². The van der Waals surface area contributed by atoms with Gasteiger partial charge in [0.15, 0.2) is 0 Å². The first-order valence-corrected chi connectivity index (χ1v) is 5.02. The Morgan fingerprint density at radius 3 is 1.36 bits per heavy atom. The van der Waals surface area contributed by atoms with Crippen LogP contribution in [-0.4, -0.2) is 27.3 Å². The number of non-ortho nitro benzene ring substituents is 2. The molecule has 0 radical (unpaired) electrons. The van der Waals surface area contributed by atoms with Crippen LogP contribution in [0.5, 0.6) is 0 Å². The van der Waals surface area contributed by atoms with Crippen molar-refractivity contribution in [2.45, 2.75) is 18.0 Å². The zero-order valence-electron chi connectivity index (χ0n) is 9.97. The summed E-state index contributed by atoms with van der Waals surface area (Å²) in [6.07, 6.45) is -12.6. The quantitative estimate of drug-likeness (QED) is 0.520. The molecule has 22 heavy (non-hydrogen) atoms. The molecule has 1 aromatic carbocycles. The van der Waals surface area contributed by atoms with Crippen molar-refractivity contribution in [1.82, 2.24) is 0 Å². The van der Waals surface area contributed by atoms with Crippen molar-refractivity contribution >= 4 is 11.4 Å². The van der Waals surface area contributed by atoms with Gasteiger partial charge in [0.2, 0.25) is 0 Å². The summed E-state index contributed by atoms with van der Waals surface area (Å²) >= 11 is 0. The molecule has 122 valence electrons. The summed E-state index contributed by atoms with van der Waals surface area (Å²) in [5.74, 6) is 0. The van der Waals surface area contributed by atoms with Crippen LogP contribution in [0.1, 0.15) is 5.56 Å². The molecular formula is C9H4F6N2O5. The first-order chi connectivity index (χ1) is 9.71. The second-order valence-electron chi connectivity index (χ2n) is 3.96. The number of hydrogen-bond donors (Lipinski definition) is 1. The minimum Gasteiger partial charge on any atom is -0.369 e. The zero-order valence-corrected chi connectivity index (χ0v) is 9.97. The fourth-order valence-corrected chi connectivity index (χ4v) is 1.50. The van der Waals surface area contributed by atoms with Gasteiger partial charge in [-0.15, -0.1) is 0 Å². The number of nitro benzene ring substituents is 2. The smallest absolute Gasteiger partial charge is 0.369 e. The Balaban J connectivity index is 3.77. The summed E-state index contributed by atoms with van der Waals surface area (Å²) in [6.45, 7) is 0. The molecule has 0 amide bonds. The largest absolute Gasteiger partial charge is 0.430 e. The van der Waals surface area contributed by atoms with Gasteiger partial charge < -0.3 is 5.11 Å². The average Bonchev–Trinajstić information content (AvgIpc) is 2.34. The minimum atomic E-state index is -6.31. The van der Waals surface area contributed by atoms with Gasteiger partial charge in [-0.2, -0.15) is 26.3 Å². The molecule has 0 bridgehead atoms. The van der Waals surface area contributed by atoms with Crippen LogP contribution < -0.4 is 0 Å². The lowest BCUT2D eigenvalue weighted by Gasteiger charge is -2.32. The summed E-state index contributed by atoms with van der Waals surface area (Å²) in [5.41, 5.74) is -10.4. The normalized spacial score (nSPS) is 13.0. The molecule has 0 spiro atoms. The molecule has 0 aliphatic carbocycles. The Morgan fingerprint density at radius 2 is 1.14 bits per heavy atom. The van der Waals surface area contributed by atoms with E-state index in [0.29, 0.717) is 0 Å². The van der Waals surface area contributed by atoms with Crippen molar-refractivity contribution in [2.75, 3.05) is 0 Å². The third-order valence-corrected chi connectivity index (χ3v) is 2.56. The Labute approximate surface area is 116 Å². The van der Waals surface area contributed by atoms with Crippen LogP contribution in [0, 0.1) is 20.2 Å². The molecule has 0 unspecified atom stereocenters. The number of aliphatic hydroxyl groups is 1. The highest BCUT2D eigenvalue weighted by Crippen LogP contribution is 2.51. The van der Waals surface area contributed by atoms with Gasteiger partial charge in [0.05, 0.1) is 15.9 Å². The van der Waals surface area contributed by atoms with Gasteiger partial charge in [0.1, 0.15) is 0 Å². The van der Waals surface area contributed by atoms with E-state index in [4.69, 9.17) is 5.11 Å². The SMILES string of the molecule is O=[N+]([O-])c1cc([N+](=O)[O-])cc(C(O)(C(F)(F)F)C(F)(F)F)c1. The van der Waals surface area contributed by atoms with E-state index in [9.17, 15) is 46.6 Å². The molecule has 0 heterocycles. The van der Waals surface area contributed by atoms with E-state index in [1.807, 2.05) is 0 Å². The van der Waals surface area contributed by atoms with Gasteiger partial charge >= 0.3 is 12.4 Å². The Hall–Kier alpha value is -2.44. The van der Waals surface area contributed by atoms with Gasteiger partial charge in [0.25, 0.3) is 17.0 Å². The van der Waals surface area contributed by atoms with Crippen molar-refractivity contribution in [3.05, 3.63) is 44.0 Å². The lowest BCUT2D eigenvalue weighted by molar-refractivity contribution is -0.396. The first-order valence-electron chi connectivity index (χ1n) is 5.02. The number of nitro groups is 2. The van der Waals surface area contributed by atoms with Gasteiger partial charge in [-0.3, -0.25) is 20.2 Å². The highest BCUT2D eigenvalue weighted by Gasteiger charge is 2.71. The summed E-state index contributed by atoms with van der Waals surface area (Å²) < 4.78 is 75.9. The van der Waals surface area contributed by atoms with Crippen LogP contribution in [0.25, 0.3) is 0 Å². The molecule has 0 atom stereocenters. The standard InChI is InChI=1S/C9H4F6N2O5/c10-8(11,12)7(18,9(13,14)15)4-1-5(16(19)20)3-6(2-4)17(21)22/h1-3,18H. The molecular weight excluding hydrogens is 330 g/mol. The van der Waals surface area contributed by atoms with Crippen LogP contribution in [0.4, 0.5) is 37.7 Å². The maximum Gasteiger partial charge on any atom is 0.430 e. The molecule has 0 fully saturated rings. The van der Waals surface area contributed by atoms with Crippen molar-refractivity contribution in [3.8, 4) is 0 Å². The first kappa shape index (κ1) is 17.6. The molecule has 0 aliphatic rings. The van der Waals surface area contributed by atoms with Gasteiger partial charge in [-0.1, -0.05) is 0 Å². The molecule has 7 nitrogen and oxygen atoms in total. The fourth-order valence-electron chi connectivity index (χ4n) is 1.50. The van der Waals surface area contributed by atoms with Crippen molar-refractivity contribution in [3.63, 3.8) is 0 Å². The minimum absolute atomic E-state index is 0.163. The average molecular weight is 334 g/mol. The van der Waals surface area contributed by atoms with Crippen LogP contribution >= 0.6 is 0 Å². The second-order valence-corrected chi connectivity index (χ2v) is 3.96. The van der Waals surface area contributed by atoms with Crippen molar-refractivity contribution in [2.24, 2.45) is 0 Å². The number of halogens is 6. The Kier molecular flexibility index (Phi) is 4.07. The van der Waals surface area contributed by atoms with E-state index >= 15 is 0 Å². The fraction of sp³-hybridized carbons (Fsp3) is 0.333.